The van der Waals surface area contributed by atoms with Crippen LogP contribution in [0.25, 0.3) is 0 Å². The first kappa shape index (κ1) is 23.8. The minimum Gasteiger partial charge on any atom is -0.393 e. The van der Waals surface area contributed by atoms with Gasteiger partial charge in [-0.05, 0) is 98.2 Å². The Hall–Kier alpha value is -0.880. The molecular formula is C27H43NO4S. The average molecular weight is 478 g/mol. The molecule has 0 aromatic carbocycles. The van der Waals surface area contributed by atoms with Crippen molar-refractivity contribution >= 4 is 15.7 Å². The van der Waals surface area contributed by atoms with E-state index in [9.17, 15) is 18.3 Å². The van der Waals surface area contributed by atoms with Crippen LogP contribution in [0, 0.1) is 40.4 Å². The van der Waals surface area contributed by atoms with Crippen LogP contribution in [0.5, 0.6) is 0 Å². The van der Waals surface area contributed by atoms with Crippen molar-refractivity contribution in [3.05, 3.63) is 11.6 Å². The molecule has 8 atom stereocenters. The van der Waals surface area contributed by atoms with Crippen LogP contribution in [0.4, 0.5) is 0 Å². The Morgan fingerprint density at radius 3 is 2.70 bits per heavy atom. The second-order valence-electron chi connectivity index (χ2n) is 12.6. The van der Waals surface area contributed by atoms with Crippen molar-refractivity contribution < 1.29 is 18.3 Å². The van der Waals surface area contributed by atoms with E-state index in [1.54, 1.807) is 4.90 Å². The van der Waals surface area contributed by atoms with Gasteiger partial charge in [-0.25, -0.2) is 8.42 Å². The summed E-state index contributed by atoms with van der Waals surface area (Å²) >= 11 is 0. The average Bonchev–Trinajstić information content (AvgIpc) is 3.31. The normalized spacial score (nSPS) is 45.0. The predicted octanol–water partition coefficient (Wildman–Crippen LogP) is 4.56. The maximum Gasteiger partial charge on any atom is 0.223 e. The summed E-state index contributed by atoms with van der Waals surface area (Å²) in [7, 11) is -3.06. The summed E-state index contributed by atoms with van der Waals surface area (Å²) in [5, 5.41) is 10.2. The second-order valence-corrected chi connectivity index (χ2v) is 14.8. The zero-order valence-electron chi connectivity index (χ0n) is 20.8. The van der Waals surface area contributed by atoms with Gasteiger partial charge in [0.2, 0.25) is 5.91 Å². The Kier molecular flexibility index (Phi) is 6.04. The summed E-state index contributed by atoms with van der Waals surface area (Å²) in [5.41, 5.74) is 2.18. The molecule has 0 spiro atoms. The van der Waals surface area contributed by atoms with Crippen molar-refractivity contribution in [2.24, 2.45) is 40.4 Å². The highest BCUT2D eigenvalue weighted by Crippen LogP contribution is 2.67. The van der Waals surface area contributed by atoms with E-state index in [1.165, 1.54) is 37.7 Å². The van der Waals surface area contributed by atoms with Crippen molar-refractivity contribution in [2.75, 3.05) is 18.2 Å². The lowest BCUT2D eigenvalue weighted by Crippen LogP contribution is -2.50. The Bertz CT molecular complexity index is 928. The fourth-order valence-electron chi connectivity index (χ4n) is 9.14. The van der Waals surface area contributed by atoms with E-state index in [1.807, 2.05) is 0 Å². The highest BCUT2D eigenvalue weighted by atomic mass is 32.2. The molecule has 5 aliphatic rings. The summed E-state index contributed by atoms with van der Waals surface area (Å²) < 4.78 is 23.4. The standard InChI is InChI=1S/C27H43NO4S/c1-18(4-9-25(30)28-14-15-33(31,32)17-28)22-7-8-23-21-6-5-19-16-20(29)10-12-26(19,2)24(21)11-13-27(22,23)3/h5,18,20-24,29H,4,6-17H2,1-3H3/t18-,20+,21+,22-,23+,24+,26+,27-/m1/s1. The third-order valence-electron chi connectivity index (χ3n) is 11.0. The Morgan fingerprint density at radius 1 is 1.18 bits per heavy atom. The predicted molar refractivity (Wildman–Crippen MR) is 130 cm³/mol. The van der Waals surface area contributed by atoms with Crippen LogP contribution in [-0.4, -0.2) is 48.6 Å². The van der Waals surface area contributed by atoms with E-state index in [0.29, 0.717) is 30.2 Å². The van der Waals surface area contributed by atoms with Gasteiger partial charge in [0.15, 0.2) is 9.84 Å². The van der Waals surface area contributed by atoms with Crippen LogP contribution >= 0.6 is 0 Å². The molecule has 0 unspecified atom stereocenters. The number of hydrogen-bond acceptors (Lipinski definition) is 4. The number of hydrogen-bond donors (Lipinski definition) is 1. The van der Waals surface area contributed by atoms with Crippen LogP contribution < -0.4 is 0 Å². The molecule has 0 radical (unpaired) electrons. The SMILES string of the molecule is C[C@H](CCC(=O)N1CCS(=O)(=O)C1)[C@H]1CC[C@H]2[C@@H]3CC=C4C[C@@H](O)CC[C@]4(C)[C@H]3CC[C@]12C. The maximum absolute atomic E-state index is 12.6. The van der Waals surface area contributed by atoms with E-state index in [0.717, 1.165) is 43.4 Å². The van der Waals surface area contributed by atoms with Gasteiger partial charge < -0.3 is 10.0 Å². The van der Waals surface area contributed by atoms with Crippen molar-refractivity contribution in [1.82, 2.24) is 4.90 Å². The molecule has 3 saturated carbocycles. The third-order valence-corrected chi connectivity index (χ3v) is 12.5. The molecule has 6 heteroatoms. The number of rotatable bonds is 4. The molecule has 186 valence electrons. The van der Waals surface area contributed by atoms with Gasteiger partial charge in [-0.1, -0.05) is 32.4 Å². The van der Waals surface area contributed by atoms with E-state index >= 15 is 0 Å². The lowest BCUT2D eigenvalue weighted by Gasteiger charge is -2.58. The molecule has 1 saturated heterocycles. The highest BCUT2D eigenvalue weighted by Gasteiger charge is 2.59. The largest absolute Gasteiger partial charge is 0.393 e. The molecular weight excluding hydrogens is 434 g/mol. The van der Waals surface area contributed by atoms with Crippen molar-refractivity contribution in [1.29, 1.82) is 0 Å². The summed E-state index contributed by atoms with van der Waals surface area (Å²) in [5.74, 6) is 3.50. The number of carbonyl (C=O) groups excluding carboxylic acids is 1. The molecule has 0 aromatic heterocycles. The monoisotopic (exact) mass is 477 g/mol. The molecule has 1 amide bonds. The zero-order valence-corrected chi connectivity index (χ0v) is 21.6. The Morgan fingerprint density at radius 2 is 1.97 bits per heavy atom. The third kappa shape index (κ3) is 4.01. The number of aliphatic hydroxyl groups is 1. The fourth-order valence-corrected chi connectivity index (χ4v) is 10.5. The first-order valence-corrected chi connectivity index (χ1v) is 15.2. The van der Waals surface area contributed by atoms with Crippen molar-refractivity contribution in [3.8, 4) is 0 Å². The minimum absolute atomic E-state index is 0.0173. The summed E-state index contributed by atoms with van der Waals surface area (Å²) in [6.07, 6.45) is 13.0. The van der Waals surface area contributed by atoms with Crippen LogP contribution in [0.1, 0.15) is 85.0 Å². The number of nitrogens with zero attached hydrogens (tertiary/aromatic N) is 1. The smallest absolute Gasteiger partial charge is 0.223 e. The van der Waals surface area contributed by atoms with Crippen LogP contribution in [0.2, 0.25) is 0 Å². The van der Waals surface area contributed by atoms with Gasteiger partial charge in [-0.2, -0.15) is 0 Å². The van der Waals surface area contributed by atoms with Gasteiger partial charge in [0.1, 0.15) is 5.88 Å². The number of carbonyl (C=O) groups is 1. The fraction of sp³-hybridized carbons (Fsp3) is 0.889. The van der Waals surface area contributed by atoms with E-state index in [-0.39, 0.29) is 29.1 Å². The molecule has 0 bridgehead atoms. The molecule has 5 nitrogen and oxygen atoms in total. The topological polar surface area (TPSA) is 74.7 Å². The van der Waals surface area contributed by atoms with Crippen molar-refractivity contribution in [2.45, 2.75) is 91.1 Å². The number of fused-ring (bicyclic) bond motifs is 5. The lowest BCUT2D eigenvalue weighted by molar-refractivity contribution is -0.130. The maximum atomic E-state index is 12.6. The van der Waals surface area contributed by atoms with Crippen LogP contribution in [-0.2, 0) is 14.6 Å². The molecule has 33 heavy (non-hydrogen) atoms. The molecule has 1 N–H and O–H groups in total. The molecule has 1 aliphatic heterocycles. The van der Waals surface area contributed by atoms with Gasteiger partial charge >= 0.3 is 0 Å². The second kappa shape index (κ2) is 8.36. The van der Waals surface area contributed by atoms with Gasteiger partial charge in [0, 0.05) is 13.0 Å². The molecule has 5 rings (SSSR count). The van der Waals surface area contributed by atoms with Crippen LogP contribution in [0.3, 0.4) is 0 Å². The number of aliphatic hydroxyl groups excluding tert-OH is 1. The minimum atomic E-state index is -3.06. The van der Waals surface area contributed by atoms with Gasteiger partial charge in [-0.3, -0.25) is 4.79 Å². The van der Waals surface area contributed by atoms with Gasteiger partial charge in [0.25, 0.3) is 0 Å². The Balaban J connectivity index is 1.25. The first-order chi connectivity index (χ1) is 15.5. The lowest BCUT2D eigenvalue weighted by atomic mass is 9.47. The molecule has 0 aromatic rings. The first-order valence-electron chi connectivity index (χ1n) is 13.4. The van der Waals surface area contributed by atoms with Gasteiger partial charge in [-0.15, -0.1) is 0 Å². The number of amides is 1. The number of allylic oxidation sites excluding steroid dienone is 1. The Labute approximate surface area is 200 Å². The van der Waals surface area contributed by atoms with E-state index in [4.69, 9.17) is 0 Å². The highest BCUT2D eigenvalue weighted by molar-refractivity contribution is 7.91. The summed E-state index contributed by atoms with van der Waals surface area (Å²) in [6.45, 7) is 7.74. The summed E-state index contributed by atoms with van der Waals surface area (Å²) in [6, 6.07) is 0. The molecule has 1 heterocycles. The number of sulfone groups is 1. The quantitative estimate of drug-likeness (QED) is 0.603. The van der Waals surface area contributed by atoms with Gasteiger partial charge in [0.05, 0.1) is 11.9 Å². The summed E-state index contributed by atoms with van der Waals surface area (Å²) in [4.78, 5) is 14.2. The van der Waals surface area contributed by atoms with Crippen LogP contribution in [0.15, 0.2) is 11.6 Å². The zero-order chi connectivity index (χ0) is 23.6. The molecule has 4 fully saturated rings. The van der Waals surface area contributed by atoms with E-state index < -0.39 is 9.84 Å². The molecule has 4 aliphatic carbocycles. The van der Waals surface area contributed by atoms with E-state index in [2.05, 4.69) is 26.8 Å². The van der Waals surface area contributed by atoms with Crippen molar-refractivity contribution in [3.63, 3.8) is 0 Å².